The van der Waals surface area contributed by atoms with Crippen molar-refractivity contribution < 1.29 is 9.53 Å². The van der Waals surface area contributed by atoms with Gasteiger partial charge in [0.05, 0.1) is 12.2 Å². The van der Waals surface area contributed by atoms with Gasteiger partial charge in [-0.15, -0.1) is 11.3 Å². The highest BCUT2D eigenvalue weighted by Crippen LogP contribution is 2.23. The largest absolute Gasteiger partial charge is 0.381 e. The number of urea groups is 1. The molecule has 21 heavy (non-hydrogen) atoms. The number of hydrogen-bond acceptors (Lipinski definition) is 4. The molecule has 1 aromatic heterocycles. The van der Waals surface area contributed by atoms with Crippen LogP contribution >= 0.6 is 11.3 Å². The summed E-state index contributed by atoms with van der Waals surface area (Å²) in [6.07, 6.45) is 2.06. The summed E-state index contributed by atoms with van der Waals surface area (Å²) < 4.78 is 5.31. The first kappa shape index (κ1) is 16.2. The molecule has 118 valence electrons. The van der Waals surface area contributed by atoms with Crippen molar-refractivity contribution in [1.29, 1.82) is 0 Å². The van der Waals surface area contributed by atoms with Crippen molar-refractivity contribution in [3.05, 3.63) is 16.1 Å². The van der Waals surface area contributed by atoms with Gasteiger partial charge in [-0.05, 0) is 18.8 Å². The second-order valence-corrected chi connectivity index (χ2v) is 7.44. The molecule has 5 nitrogen and oxygen atoms in total. The van der Waals surface area contributed by atoms with Crippen LogP contribution in [0.1, 0.15) is 44.3 Å². The molecule has 0 unspecified atom stereocenters. The van der Waals surface area contributed by atoms with E-state index in [0.29, 0.717) is 12.5 Å². The van der Waals surface area contributed by atoms with E-state index in [0.717, 1.165) is 43.3 Å². The standard InChI is InChI=1S/C15H25N3O2S/c1-15(2,3)12-10-21-13(18-12)9-17-14(19)16-8-11-4-6-20-7-5-11/h10-11H,4-9H2,1-3H3,(H2,16,17,19). The zero-order chi connectivity index (χ0) is 15.3. The number of amides is 2. The number of nitrogens with one attached hydrogen (secondary N) is 2. The van der Waals surface area contributed by atoms with Crippen LogP contribution in [0.4, 0.5) is 4.79 Å². The first-order valence-corrected chi connectivity index (χ1v) is 8.37. The third kappa shape index (κ3) is 5.28. The van der Waals surface area contributed by atoms with Crippen LogP contribution in [0, 0.1) is 5.92 Å². The summed E-state index contributed by atoms with van der Waals surface area (Å²) in [5.41, 5.74) is 1.13. The van der Waals surface area contributed by atoms with E-state index in [2.05, 4.69) is 41.8 Å². The van der Waals surface area contributed by atoms with Crippen molar-refractivity contribution in [2.24, 2.45) is 5.92 Å². The zero-order valence-corrected chi connectivity index (χ0v) is 13.9. The molecule has 1 aliphatic heterocycles. The molecule has 1 saturated heterocycles. The van der Waals surface area contributed by atoms with Crippen molar-refractivity contribution in [1.82, 2.24) is 15.6 Å². The minimum absolute atomic E-state index is 0.0556. The topological polar surface area (TPSA) is 63.2 Å². The van der Waals surface area contributed by atoms with Crippen molar-refractivity contribution in [3.8, 4) is 0 Å². The zero-order valence-electron chi connectivity index (χ0n) is 13.1. The van der Waals surface area contributed by atoms with Crippen LogP contribution in [-0.2, 0) is 16.7 Å². The fourth-order valence-electron chi connectivity index (χ4n) is 2.14. The average Bonchev–Trinajstić information content (AvgIpc) is 2.93. The minimum atomic E-state index is -0.117. The molecule has 2 N–H and O–H groups in total. The molecular weight excluding hydrogens is 286 g/mol. The Balaban J connectivity index is 1.70. The predicted octanol–water partition coefficient (Wildman–Crippen LogP) is 2.67. The molecule has 2 heterocycles. The smallest absolute Gasteiger partial charge is 0.315 e. The number of nitrogens with zero attached hydrogens (tertiary/aromatic N) is 1. The lowest BCUT2D eigenvalue weighted by molar-refractivity contribution is 0.0669. The number of carbonyl (C=O) groups is 1. The summed E-state index contributed by atoms with van der Waals surface area (Å²) in [6, 6.07) is -0.117. The highest BCUT2D eigenvalue weighted by molar-refractivity contribution is 7.09. The van der Waals surface area contributed by atoms with Crippen molar-refractivity contribution in [2.45, 2.75) is 45.6 Å². The van der Waals surface area contributed by atoms with E-state index in [1.54, 1.807) is 11.3 Å². The van der Waals surface area contributed by atoms with Crippen molar-refractivity contribution >= 4 is 17.4 Å². The van der Waals surface area contributed by atoms with Crippen LogP contribution in [0.25, 0.3) is 0 Å². The van der Waals surface area contributed by atoms with E-state index in [9.17, 15) is 4.79 Å². The Morgan fingerprint density at radius 2 is 2.10 bits per heavy atom. The first-order chi connectivity index (χ1) is 9.95. The van der Waals surface area contributed by atoms with Gasteiger partial charge < -0.3 is 15.4 Å². The maximum absolute atomic E-state index is 11.8. The highest BCUT2D eigenvalue weighted by Gasteiger charge is 2.18. The van der Waals surface area contributed by atoms with E-state index < -0.39 is 0 Å². The molecule has 0 spiro atoms. The second-order valence-electron chi connectivity index (χ2n) is 6.50. The summed E-state index contributed by atoms with van der Waals surface area (Å²) in [7, 11) is 0. The molecule has 2 amide bonds. The number of carbonyl (C=O) groups excluding carboxylic acids is 1. The Morgan fingerprint density at radius 1 is 1.38 bits per heavy atom. The van der Waals surface area contributed by atoms with E-state index in [4.69, 9.17) is 4.74 Å². The molecule has 0 atom stereocenters. The van der Waals surface area contributed by atoms with E-state index in [1.165, 1.54) is 0 Å². The van der Waals surface area contributed by atoms with Gasteiger partial charge >= 0.3 is 6.03 Å². The molecule has 2 rings (SSSR count). The van der Waals surface area contributed by atoms with Crippen LogP contribution < -0.4 is 10.6 Å². The quantitative estimate of drug-likeness (QED) is 0.898. The van der Waals surface area contributed by atoms with Gasteiger partial charge in [0.15, 0.2) is 0 Å². The number of hydrogen-bond donors (Lipinski definition) is 2. The lowest BCUT2D eigenvalue weighted by Gasteiger charge is -2.22. The molecule has 6 heteroatoms. The van der Waals surface area contributed by atoms with Gasteiger partial charge in [0, 0.05) is 30.6 Å². The number of ether oxygens (including phenoxy) is 1. The molecule has 0 saturated carbocycles. The third-order valence-electron chi connectivity index (χ3n) is 3.61. The summed E-state index contributed by atoms with van der Waals surface area (Å²) in [4.78, 5) is 16.3. The number of rotatable bonds is 4. The van der Waals surface area contributed by atoms with E-state index >= 15 is 0 Å². The minimum Gasteiger partial charge on any atom is -0.381 e. The molecular formula is C15H25N3O2S. The van der Waals surface area contributed by atoms with Crippen LogP contribution in [0.2, 0.25) is 0 Å². The van der Waals surface area contributed by atoms with E-state index in [-0.39, 0.29) is 11.4 Å². The van der Waals surface area contributed by atoms with Gasteiger partial charge in [-0.1, -0.05) is 20.8 Å². The highest BCUT2D eigenvalue weighted by atomic mass is 32.1. The Hall–Kier alpha value is -1.14. The van der Waals surface area contributed by atoms with Gasteiger partial charge in [0.1, 0.15) is 5.01 Å². The number of thiazole rings is 1. The summed E-state index contributed by atoms with van der Waals surface area (Å²) in [5.74, 6) is 0.539. The second kappa shape index (κ2) is 7.22. The van der Waals surface area contributed by atoms with Crippen LogP contribution in [-0.4, -0.2) is 30.8 Å². The normalized spacial score (nSPS) is 16.7. The Morgan fingerprint density at radius 3 is 2.71 bits per heavy atom. The van der Waals surface area contributed by atoms with Crippen LogP contribution in [0.5, 0.6) is 0 Å². The Kier molecular flexibility index (Phi) is 5.58. The lowest BCUT2D eigenvalue weighted by atomic mass is 9.93. The Labute approximate surface area is 130 Å². The van der Waals surface area contributed by atoms with Crippen molar-refractivity contribution in [3.63, 3.8) is 0 Å². The summed E-state index contributed by atoms with van der Waals surface area (Å²) >= 11 is 1.59. The molecule has 1 aliphatic rings. The average molecular weight is 311 g/mol. The monoisotopic (exact) mass is 311 g/mol. The maximum atomic E-state index is 11.8. The summed E-state index contributed by atoms with van der Waals surface area (Å²) in [5, 5.41) is 8.81. The molecule has 0 aromatic carbocycles. The van der Waals surface area contributed by atoms with Crippen LogP contribution in [0.15, 0.2) is 5.38 Å². The fourth-order valence-corrected chi connectivity index (χ4v) is 3.10. The van der Waals surface area contributed by atoms with E-state index in [1.807, 2.05) is 0 Å². The van der Waals surface area contributed by atoms with Gasteiger partial charge in [0.25, 0.3) is 0 Å². The predicted molar refractivity (Wildman–Crippen MR) is 84.6 cm³/mol. The van der Waals surface area contributed by atoms with Crippen LogP contribution in [0.3, 0.4) is 0 Å². The van der Waals surface area contributed by atoms with Gasteiger partial charge in [-0.25, -0.2) is 9.78 Å². The van der Waals surface area contributed by atoms with Gasteiger partial charge in [-0.3, -0.25) is 0 Å². The lowest BCUT2D eigenvalue weighted by Crippen LogP contribution is -2.39. The fraction of sp³-hybridized carbons (Fsp3) is 0.733. The molecule has 1 fully saturated rings. The maximum Gasteiger partial charge on any atom is 0.315 e. The summed E-state index contributed by atoms with van der Waals surface area (Å²) in [6.45, 7) is 9.24. The van der Waals surface area contributed by atoms with Gasteiger partial charge in [-0.2, -0.15) is 0 Å². The third-order valence-corrected chi connectivity index (χ3v) is 4.46. The SMILES string of the molecule is CC(C)(C)c1csc(CNC(=O)NCC2CCOCC2)n1. The van der Waals surface area contributed by atoms with Crippen molar-refractivity contribution in [2.75, 3.05) is 19.8 Å². The van der Waals surface area contributed by atoms with Gasteiger partial charge in [0.2, 0.25) is 0 Å². The first-order valence-electron chi connectivity index (χ1n) is 7.49. The molecule has 0 radical (unpaired) electrons. The molecule has 1 aromatic rings. The molecule has 0 bridgehead atoms. The number of aromatic nitrogens is 1. The molecule has 0 aliphatic carbocycles. The Bertz CT molecular complexity index is 462.